The maximum Gasteiger partial charge on any atom is 0.134 e. The molecule has 0 unspecified atom stereocenters. The Morgan fingerprint density at radius 2 is 1.89 bits per heavy atom. The Labute approximate surface area is 122 Å². The molecule has 2 nitrogen and oxygen atoms in total. The Kier molecular flexibility index (Phi) is 4.70. The van der Waals surface area contributed by atoms with E-state index >= 15 is 0 Å². The topological polar surface area (TPSA) is 29.5 Å². The molecule has 0 aliphatic heterocycles. The fraction of sp³-hybridized carbons (Fsp3) is 0.200. The summed E-state index contributed by atoms with van der Waals surface area (Å²) >= 11 is 12.1. The first-order valence-electron chi connectivity index (χ1n) is 6.00. The molecule has 2 rings (SSSR count). The first-order valence-corrected chi connectivity index (χ1v) is 6.75. The summed E-state index contributed by atoms with van der Waals surface area (Å²) in [5.41, 5.74) is 1.60. The van der Waals surface area contributed by atoms with Crippen LogP contribution in [0, 0.1) is 0 Å². The second-order valence-corrected chi connectivity index (χ2v) is 4.90. The third-order valence-corrected chi connectivity index (χ3v) is 3.58. The zero-order chi connectivity index (χ0) is 13.8. The van der Waals surface area contributed by atoms with Crippen molar-refractivity contribution in [1.82, 2.24) is 0 Å². The maximum atomic E-state index is 9.34. The fourth-order valence-electron chi connectivity index (χ4n) is 1.80. The molecule has 0 heterocycles. The quantitative estimate of drug-likeness (QED) is 0.875. The smallest absolute Gasteiger partial charge is 0.134 e. The molecule has 0 aromatic heterocycles. The number of hydrogen-bond acceptors (Lipinski definition) is 2. The van der Waals surface area contributed by atoms with Gasteiger partial charge < -0.3 is 9.84 Å². The lowest BCUT2D eigenvalue weighted by atomic mass is 10.1. The fourth-order valence-corrected chi connectivity index (χ4v) is 2.28. The third kappa shape index (κ3) is 3.21. The van der Waals surface area contributed by atoms with E-state index < -0.39 is 0 Å². The van der Waals surface area contributed by atoms with E-state index in [2.05, 4.69) is 0 Å². The van der Waals surface area contributed by atoms with Crippen molar-refractivity contribution < 1.29 is 9.84 Å². The molecule has 1 N–H and O–H groups in total. The first-order chi connectivity index (χ1) is 9.15. The lowest BCUT2D eigenvalue weighted by Gasteiger charge is -2.12. The van der Waals surface area contributed by atoms with Crippen LogP contribution in [0.2, 0.25) is 10.0 Å². The highest BCUT2D eigenvalue weighted by Crippen LogP contribution is 2.32. The molecule has 0 fully saturated rings. The van der Waals surface area contributed by atoms with Crippen LogP contribution in [-0.4, -0.2) is 5.11 Å². The van der Waals surface area contributed by atoms with Crippen LogP contribution in [0.4, 0.5) is 0 Å². The van der Waals surface area contributed by atoms with Crippen molar-refractivity contribution >= 4 is 23.2 Å². The molecule has 100 valence electrons. The normalized spacial score (nSPS) is 10.5. The minimum Gasteiger partial charge on any atom is -0.457 e. The third-order valence-electron chi connectivity index (χ3n) is 2.86. The van der Waals surface area contributed by atoms with Gasteiger partial charge in [0.2, 0.25) is 0 Å². The van der Waals surface area contributed by atoms with Gasteiger partial charge in [-0.05, 0) is 42.3 Å². The Morgan fingerprint density at radius 3 is 2.58 bits per heavy atom. The molecule has 4 heteroatoms. The highest BCUT2D eigenvalue weighted by Gasteiger charge is 2.09. The minimum absolute atomic E-state index is 0.163. The van der Waals surface area contributed by atoms with Gasteiger partial charge in [0.05, 0.1) is 6.61 Å². The number of rotatable bonds is 4. The van der Waals surface area contributed by atoms with Gasteiger partial charge in [-0.25, -0.2) is 0 Å². The number of halogens is 2. The molecule has 2 aromatic rings. The van der Waals surface area contributed by atoms with Gasteiger partial charge in [0.15, 0.2) is 0 Å². The number of hydrogen-bond donors (Lipinski definition) is 1. The number of benzene rings is 2. The average Bonchev–Trinajstić information content (AvgIpc) is 2.41. The second-order valence-electron chi connectivity index (χ2n) is 4.08. The van der Waals surface area contributed by atoms with Gasteiger partial charge in [-0.15, -0.1) is 0 Å². The molecule has 0 saturated carbocycles. The zero-order valence-electron chi connectivity index (χ0n) is 10.5. The Hall–Kier alpha value is -1.22. The summed E-state index contributed by atoms with van der Waals surface area (Å²) in [6, 6.07) is 10.8. The molecule has 0 radical (unpaired) electrons. The summed E-state index contributed by atoms with van der Waals surface area (Å²) in [6.07, 6.45) is 0.832. The second kappa shape index (κ2) is 6.29. The van der Waals surface area contributed by atoms with Gasteiger partial charge in [-0.2, -0.15) is 0 Å². The van der Waals surface area contributed by atoms with E-state index in [4.69, 9.17) is 27.9 Å². The van der Waals surface area contributed by atoms with Crippen LogP contribution in [-0.2, 0) is 13.0 Å². The van der Waals surface area contributed by atoms with Crippen molar-refractivity contribution in [3.8, 4) is 11.5 Å². The molecule has 0 atom stereocenters. The van der Waals surface area contributed by atoms with E-state index in [1.165, 1.54) is 0 Å². The van der Waals surface area contributed by atoms with Gasteiger partial charge >= 0.3 is 0 Å². The van der Waals surface area contributed by atoms with E-state index in [0.29, 0.717) is 22.1 Å². The van der Waals surface area contributed by atoms with Crippen molar-refractivity contribution in [2.24, 2.45) is 0 Å². The van der Waals surface area contributed by atoms with Crippen molar-refractivity contribution in [3.05, 3.63) is 57.6 Å². The standard InChI is InChI=1S/C15H14Cl2O2/c1-2-10-8-11(6-7-13(10)16)19-15-5-3-4-14(17)12(15)9-18/h3-8,18H,2,9H2,1H3. The lowest BCUT2D eigenvalue weighted by molar-refractivity contribution is 0.276. The van der Waals surface area contributed by atoms with Crippen molar-refractivity contribution in [2.45, 2.75) is 20.0 Å². The van der Waals surface area contributed by atoms with Gasteiger partial charge in [0.25, 0.3) is 0 Å². The number of aliphatic hydroxyl groups excluding tert-OH is 1. The lowest BCUT2D eigenvalue weighted by Crippen LogP contribution is -1.93. The summed E-state index contributed by atoms with van der Waals surface area (Å²) in [7, 11) is 0. The monoisotopic (exact) mass is 296 g/mol. The molecule has 19 heavy (non-hydrogen) atoms. The molecule has 0 aliphatic rings. The van der Waals surface area contributed by atoms with Gasteiger partial charge in [-0.1, -0.05) is 36.2 Å². The van der Waals surface area contributed by atoms with E-state index in [1.807, 2.05) is 13.0 Å². The SMILES string of the molecule is CCc1cc(Oc2cccc(Cl)c2CO)ccc1Cl. The molecule has 2 aromatic carbocycles. The Morgan fingerprint density at radius 1 is 1.11 bits per heavy atom. The minimum atomic E-state index is -0.163. The van der Waals surface area contributed by atoms with Crippen LogP contribution in [0.15, 0.2) is 36.4 Å². The van der Waals surface area contributed by atoms with Crippen molar-refractivity contribution in [2.75, 3.05) is 0 Å². The summed E-state index contributed by atoms with van der Waals surface area (Å²) in [5, 5.41) is 10.6. The number of aryl methyl sites for hydroxylation is 1. The highest BCUT2D eigenvalue weighted by atomic mass is 35.5. The average molecular weight is 297 g/mol. The van der Waals surface area contributed by atoms with Crippen molar-refractivity contribution in [1.29, 1.82) is 0 Å². The molecule has 0 aliphatic carbocycles. The Balaban J connectivity index is 2.33. The summed E-state index contributed by atoms with van der Waals surface area (Å²) in [6.45, 7) is 1.87. The number of aliphatic hydroxyl groups is 1. The molecule has 0 amide bonds. The van der Waals surface area contributed by atoms with E-state index in [9.17, 15) is 5.11 Å². The van der Waals surface area contributed by atoms with Crippen LogP contribution in [0.1, 0.15) is 18.1 Å². The molecule has 0 bridgehead atoms. The highest BCUT2D eigenvalue weighted by molar-refractivity contribution is 6.31. The molecule has 0 saturated heterocycles. The van der Waals surface area contributed by atoms with E-state index in [-0.39, 0.29) is 6.61 Å². The predicted octanol–water partition coefficient (Wildman–Crippen LogP) is 4.84. The maximum absolute atomic E-state index is 9.34. The first kappa shape index (κ1) is 14.2. The summed E-state index contributed by atoms with van der Waals surface area (Å²) < 4.78 is 5.78. The Bertz CT molecular complexity index is 582. The zero-order valence-corrected chi connectivity index (χ0v) is 12.0. The van der Waals surface area contributed by atoms with Crippen LogP contribution in [0.3, 0.4) is 0 Å². The van der Waals surface area contributed by atoms with Gasteiger partial charge in [-0.3, -0.25) is 0 Å². The summed E-state index contributed by atoms with van der Waals surface area (Å²) in [4.78, 5) is 0. The summed E-state index contributed by atoms with van der Waals surface area (Å²) in [5.74, 6) is 1.23. The van der Waals surface area contributed by atoms with Crippen LogP contribution < -0.4 is 4.74 Å². The van der Waals surface area contributed by atoms with E-state index in [1.54, 1.807) is 30.3 Å². The largest absolute Gasteiger partial charge is 0.457 e. The predicted molar refractivity (Wildman–Crippen MR) is 78.3 cm³/mol. The van der Waals surface area contributed by atoms with Gasteiger partial charge in [0, 0.05) is 15.6 Å². The molecular weight excluding hydrogens is 283 g/mol. The van der Waals surface area contributed by atoms with Crippen LogP contribution in [0.25, 0.3) is 0 Å². The van der Waals surface area contributed by atoms with Gasteiger partial charge in [0.1, 0.15) is 11.5 Å². The van der Waals surface area contributed by atoms with E-state index in [0.717, 1.165) is 17.0 Å². The number of ether oxygens (including phenoxy) is 1. The van der Waals surface area contributed by atoms with Crippen molar-refractivity contribution in [3.63, 3.8) is 0 Å². The van der Waals surface area contributed by atoms with Crippen LogP contribution >= 0.6 is 23.2 Å². The molecular formula is C15H14Cl2O2. The van der Waals surface area contributed by atoms with Crippen LogP contribution in [0.5, 0.6) is 11.5 Å². The molecule has 0 spiro atoms.